The normalized spacial score (nSPS) is 14.5. The zero-order chi connectivity index (χ0) is 12.1. The third-order valence-corrected chi connectivity index (χ3v) is 2.56. The summed E-state index contributed by atoms with van der Waals surface area (Å²) in [5.41, 5.74) is 2.25. The molecule has 1 fully saturated rings. The van der Waals surface area contributed by atoms with Crippen LogP contribution in [-0.4, -0.2) is 18.9 Å². The lowest BCUT2D eigenvalue weighted by molar-refractivity contribution is -0.110. The molecule has 1 aliphatic rings. The van der Waals surface area contributed by atoms with Crippen molar-refractivity contribution >= 4 is 11.9 Å². The fourth-order valence-electron chi connectivity index (χ4n) is 1.61. The number of hydrogen-bond donors (Lipinski definition) is 2. The Hall–Kier alpha value is -2.03. The van der Waals surface area contributed by atoms with E-state index < -0.39 is 0 Å². The molecule has 2 N–H and O–H groups in total. The third-order valence-electron chi connectivity index (χ3n) is 2.56. The average Bonchev–Trinajstić information content (AvgIpc) is 2.81. The molecule has 0 aromatic heterocycles. The molecule has 0 atom stereocenters. The summed E-state index contributed by atoms with van der Waals surface area (Å²) in [7, 11) is 0. The van der Waals surface area contributed by atoms with E-state index in [0.29, 0.717) is 0 Å². The van der Waals surface area contributed by atoms with E-state index in [1.165, 1.54) is 5.56 Å². The van der Waals surface area contributed by atoms with Gasteiger partial charge < -0.3 is 10.6 Å². The summed E-state index contributed by atoms with van der Waals surface area (Å²) in [6, 6.07) is 8.06. The number of hydrogen-bond acceptors (Lipinski definition) is 3. The van der Waals surface area contributed by atoms with Crippen LogP contribution in [0.4, 0.5) is 0 Å². The Bertz CT molecular complexity index is 450. The van der Waals surface area contributed by atoms with Crippen molar-refractivity contribution in [2.24, 2.45) is 0 Å². The van der Waals surface area contributed by atoms with Crippen LogP contribution in [0, 0.1) is 6.92 Å². The van der Waals surface area contributed by atoms with Crippen LogP contribution in [-0.2, 0) is 4.79 Å². The maximum atomic E-state index is 11.6. The van der Waals surface area contributed by atoms with Gasteiger partial charge in [0.15, 0.2) is 5.78 Å². The van der Waals surface area contributed by atoms with Gasteiger partial charge in [0.05, 0.1) is 0 Å². The van der Waals surface area contributed by atoms with Gasteiger partial charge in [-0.2, -0.15) is 0 Å². The Morgan fingerprint density at radius 1 is 1.18 bits per heavy atom. The Kier molecular flexibility index (Phi) is 3.60. The Labute approximate surface area is 101 Å². The summed E-state index contributed by atoms with van der Waals surface area (Å²) in [6.07, 6.45) is 4.99. The molecule has 2 rings (SSSR count). The molecule has 1 aromatic rings. The van der Waals surface area contributed by atoms with Crippen molar-refractivity contribution in [2.45, 2.75) is 6.92 Å². The highest BCUT2D eigenvalue weighted by Crippen LogP contribution is 2.05. The van der Waals surface area contributed by atoms with Gasteiger partial charge >= 0.3 is 0 Å². The highest BCUT2D eigenvalue weighted by atomic mass is 16.1. The van der Waals surface area contributed by atoms with Crippen molar-refractivity contribution in [1.29, 1.82) is 0 Å². The molecule has 1 aromatic carbocycles. The first kappa shape index (κ1) is 11.5. The maximum absolute atomic E-state index is 11.6. The number of ketones is 1. The van der Waals surface area contributed by atoms with Gasteiger partial charge in [0.1, 0.15) is 5.82 Å². The molecule has 1 saturated heterocycles. The summed E-state index contributed by atoms with van der Waals surface area (Å²) in [5.74, 6) is 0.797. The second-order valence-corrected chi connectivity index (χ2v) is 4.06. The molecular weight excluding hydrogens is 212 g/mol. The molecule has 17 heavy (non-hydrogen) atoms. The van der Waals surface area contributed by atoms with Crippen LogP contribution >= 0.6 is 0 Å². The molecule has 0 amide bonds. The highest BCUT2D eigenvalue weighted by Gasteiger charge is 2.04. The van der Waals surface area contributed by atoms with E-state index in [0.717, 1.165) is 24.5 Å². The largest absolute Gasteiger partial charge is 0.370 e. The molecule has 1 aliphatic heterocycles. The van der Waals surface area contributed by atoms with Crippen molar-refractivity contribution in [3.8, 4) is 0 Å². The van der Waals surface area contributed by atoms with Crippen LogP contribution in [0.2, 0.25) is 0 Å². The molecule has 88 valence electrons. The van der Waals surface area contributed by atoms with Gasteiger partial charge in [-0.1, -0.05) is 35.9 Å². The zero-order valence-corrected chi connectivity index (χ0v) is 9.86. The summed E-state index contributed by atoms with van der Waals surface area (Å²) in [5, 5.41) is 6.18. The Morgan fingerprint density at radius 2 is 1.82 bits per heavy atom. The average molecular weight is 228 g/mol. The predicted octanol–water partition coefficient (Wildman–Crippen LogP) is 1.61. The van der Waals surface area contributed by atoms with Crippen molar-refractivity contribution in [1.82, 2.24) is 10.6 Å². The molecule has 0 bridgehead atoms. The molecule has 1 heterocycles. The van der Waals surface area contributed by atoms with Gasteiger partial charge in [0, 0.05) is 19.2 Å². The summed E-state index contributed by atoms with van der Waals surface area (Å²) in [4.78, 5) is 11.6. The first-order valence-electron chi connectivity index (χ1n) is 5.72. The van der Waals surface area contributed by atoms with Gasteiger partial charge in [-0.25, -0.2) is 0 Å². The number of nitrogens with one attached hydrogen (secondary N) is 2. The monoisotopic (exact) mass is 228 g/mol. The summed E-state index contributed by atoms with van der Waals surface area (Å²) < 4.78 is 0. The van der Waals surface area contributed by atoms with E-state index in [1.807, 2.05) is 37.3 Å². The van der Waals surface area contributed by atoms with Crippen molar-refractivity contribution < 1.29 is 4.79 Å². The third kappa shape index (κ3) is 3.48. The predicted molar refractivity (Wildman–Crippen MR) is 69.3 cm³/mol. The number of aryl methyl sites for hydroxylation is 1. The molecule has 3 nitrogen and oxygen atoms in total. The first-order chi connectivity index (χ1) is 8.24. The highest BCUT2D eigenvalue weighted by molar-refractivity contribution is 6.02. The zero-order valence-electron chi connectivity index (χ0n) is 9.86. The van der Waals surface area contributed by atoms with Crippen molar-refractivity contribution in [3.05, 3.63) is 53.4 Å². The number of allylic oxidation sites excluding steroid dienone is 2. The van der Waals surface area contributed by atoms with E-state index >= 15 is 0 Å². The molecule has 0 unspecified atom stereocenters. The van der Waals surface area contributed by atoms with E-state index in [4.69, 9.17) is 0 Å². The Balaban J connectivity index is 1.98. The van der Waals surface area contributed by atoms with Gasteiger partial charge in [0.25, 0.3) is 0 Å². The van der Waals surface area contributed by atoms with E-state index in [2.05, 4.69) is 10.6 Å². The molecular formula is C14H16N2O. The summed E-state index contributed by atoms with van der Waals surface area (Å²) >= 11 is 0. The molecule has 3 heteroatoms. The van der Waals surface area contributed by atoms with Crippen LogP contribution in [0.5, 0.6) is 0 Å². The van der Waals surface area contributed by atoms with E-state index in [1.54, 1.807) is 12.2 Å². The molecule has 0 radical (unpaired) electrons. The quantitative estimate of drug-likeness (QED) is 0.772. The number of benzene rings is 1. The second-order valence-electron chi connectivity index (χ2n) is 4.06. The SMILES string of the molecule is Cc1ccc(C=CC(=O)C=C2NCCN2)cc1. The lowest BCUT2D eigenvalue weighted by Gasteiger charge is -1.96. The van der Waals surface area contributed by atoms with Gasteiger partial charge in [-0.3, -0.25) is 4.79 Å². The standard InChI is InChI=1S/C14H16N2O/c1-11-2-4-12(5-3-11)6-7-13(17)10-14-15-8-9-16-14/h2-7,10,15-16H,8-9H2,1H3. The second kappa shape index (κ2) is 5.34. The van der Waals surface area contributed by atoms with Crippen LogP contribution in [0.3, 0.4) is 0 Å². The van der Waals surface area contributed by atoms with Crippen LogP contribution < -0.4 is 10.6 Å². The number of carbonyl (C=O) groups is 1. The molecule has 0 spiro atoms. The first-order valence-corrected chi connectivity index (χ1v) is 5.72. The molecule has 0 aliphatic carbocycles. The van der Waals surface area contributed by atoms with Gasteiger partial charge in [-0.15, -0.1) is 0 Å². The summed E-state index contributed by atoms with van der Waals surface area (Å²) in [6.45, 7) is 3.79. The smallest absolute Gasteiger partial charge is 0.182 e. The van der Waals surface area contributed by atoms with Crippen molar-refractivity contribution in [3.63, 3.8) is 0 Å². The topological polar surface area (TPSA) is 41.1 Å². The Morgan fingerprint density at radius 3 is 2.47 bits per heavy atom. The minimum atomic E-state index is -0.0116. The number of carbonyl (C=O) groups excluding carboxylic acids is 1. The van der Waals surface area contributed by atoms with Gasteiger partial charge in [-0.05, 0) is 18.6 Å². The lowest BCUT2D eigenvalue weighted by atomic mass is 10.1. The minimum absolute atomic E-state index is 0.0116. The van der Waals surface area contributed by atoms with Crippen LogP contribution in [0.1, 0.15) is 11.1 Å². The number of rotatable bonds is 3. The van der Waals surface area contributed by atoms with E-state index in [-0.39, 0.29) is 5.78 Å². The molecule has 0 saturated carbocycles. The fourth-order valence-corrected chi connectivity index (χ4v) is 1.61. The van der Waals surface area contributed by atoms with Crippen LogP contribution in [0.15, 0.2) is 42.2 Å². The lowest BCUT2D eigenvalue weighted by Crippen LogP contribution is -2.11. The van der Waals surface area contributed by atoms with Crippen molar-refractivity contribution in [2.75, 3.05) is 13.1 Å². The van der Waals surface area contributed by atoms with Crippen LogP contribution in [0.25, 0.3) is 6.08 Å². The minimum Gasteiger partial charge on any atom is -0.370 e. The fraction of sp³-hybridized carbons (Fsp3) is 0.214. The maximum Gasteiger partial charge on any atom is 0.182 e. The van der Waals surface area contributed by atoms with E-state index in [9.17, 15) is 4.79 Å². The van der Waals surface area contributed by atoms with Gasteiger partial charge in [0.2, 0.25) is 0 Å².